The van der Waals surface area contributed by atoms with E-state index in [2.05, 4.69) is 5.32 Å². The summed E-state index contributed by atoms with van der Waals surface area (Å²) in [5.41, 5.74) is 0.740. The number of ether oxygens (including phenoxy) is 3. The molecule has 0 bridgehead atoms. The van der Waals surface area contributed by atoms with Crippen molar-refractivity contribution in [1.82, 2.24) is 10.2 Å². The normalized spacial score (nSPS) is 17.6. The SMILES string of the molecule is C[C@H](OC(=O)/C=C/c1ccc2c(c1)OCCCO2)C(=O)N1CCNC1=O. The summed E-state index contributed by atoms with van der Waals surface area (Å²) in [7, 11) is 0. The average molecular weight is 360 g/mol. The first-order chi connectivity index (χ1) is 12.5. The van der Waals surface area contributed by atoms with Gasteiger partial charge in [0.2, 0.25) is 0 Å². The van der Waals surface area contributed by atoms with Gasteiger partial charge in [0.05, 0.1) is 13.2 Å². The molecule has 0 spiro atoms. The van der Waals surface area contributed by atoms with Crippen molar-refractivity contribution < 1.29 is 28.6 Å². The monoisotopic (exact) mass is 360 g/mol. The average Bonchev–Trinajstić information content (AvgIpc) is 2.91. The Hall–Kier alpha value is -3.03. The smallest absolute Gasteiger partial charge is 0.331 e. The van der Waals surface area contributed by atoms with Gasteiger partial charge < -0.3 is 19.5 Å². The van der Waals surface area contributed by atoms with Gasteiger partial charge in [-0.2, -0.15) is 0 Å². The van der Waals surface area contributed by atoms with Crippen molar-refractivity contribution >= 4 is 24.0 Å². The van der Waals surface area contributed by atoms with Crippen molar-refractivity contribution in [3.8, 4) is 11.5 Å². The van der Waals surface area contributed by atoms with Crippen molar-refractivity contribution in [3.63, 3.8) is 0 Å². The number of carbonyl (C=O) groups excluding carboxylic acids is 3. The maximum Gasteiger partial charge on any atom is 0.331 e. The number of amides is 3. The van der Waals surface area contributed by atoms with Crippen molar-refractivity contribution in [3.05, 3.63) is 29.8 Å². The van der Waals surface area contributed by atoms with Gasteiger partial charge >= 0.3 is 12.0 Å². The Morgan fingerprint density at radius 3 is 2.77 bits per heavy atom. The third kappa shape index (κ3) is 4.14. The minimum atomic E-state index is -1.04. The van der Waals surface area contributed by atoms with Crippen LogP contribution in [-0.2, 0) is 14.3 Å². The largest absolute Gasteiger partial charge is 0.490 e. The molecule has 3 rings (SSSR count). The summed E-state index contributed by atoms with van der Waals surface area (Å²) in [6.45, 7) is 3.29. The maximum absolute atomic E-state index is 12.1. The lowest BCUT2D eigenvalue weighted by molar-refractivity contribution is -0.153. The van der Waals surface area contributed by atoms with Crippen LogP contribution < -0.4 is 14.8 Å². The molecule has 1 aromatic rings. The summed E-state index contributed by atoms with van der Waals surface area (Å²) in [4.78, 5) is 36.5. The van der Waals surface area contributed by atoms with Crippen LogP contribution in [0.2, 0.25) is 0 Å². The molecule has 0 aromatic heterocycles. The van der Waals surface area contributed by atoms with E-state index in [4.69, 9.17) is 14.2 Å². The van der Waals surface area contributed by atoms with Crippen LogP contribution in [0.25, 0.3) is 6.08 Å². The van der Waals surface area contributed by atoms with E-state index in [0.29, 0.717) is 31.3 Å². The second kappa shape index (κ2) is 7.90. The molecule has 3 amide bonds. The number of nitrogens with one attached hydrogen (secondary N) is 1. The van der Waals surface area contributed by atoms with Crippen LogP contribution in [0.15, 0.2) is 24.3 Å². The predicted octanol–water partition coefficient (Wildman–Crippen LogP) is 1.34. The zero-order chi connectivity index (χ0) is 18.5. The quantitative estimate of drug-likeness (QED) is 0.643. The Labute approximate surface area is 150 Å². The third-order valence-electron chi connectivity index (χ3n) is 3.95. The van der Waals surface area contributed by atoms with Crippen LogP contribution >= 0.6 is 0 Å². The van der Waals surface area contributed by atoms with Crippen LogP contribution in [-0.4, -0.2) is 55.2 Å². The van der Waals surface area contributed by atoms with Gasteiger partial charge in [-0.25, -0.2) is 9.59 Å². The van der Waals surface area contributed by atoms with Gasteiger partial charge in [0.1, 0.15) is 0 Å². The predicted molar refractivity (Wildman–Crippen MR) is 91.7 cm³/mol. The minimum Gasteiger partial charge on any atom is -0.490 e. The first kappa shape index (κ1) is 17.8. The number of imide groups is 1. The maximum atomic E-state index is 12.1. The molecule has 1 fully saturated rings. The number of carbonyl (C=O) groups is 3. The lowest BCUT2D eigenvalue weighted by Crippen LogP contribution is -2.41. The molecular weight excluding hydrogens is 340 g/mol. The molecule has 0 radical (unpaired) electrons. The molecule has 1 atom stereocenters. The number of rotatable bonds is 4. The fourth-order valence-electron chi connectivity index (χ4n) is 2.61. The van der Waals surface area contributed by atoms with Gasteiger partial charge in [-0.3, -0.25) is 9.69 Å². The van der Waals surface area contributed by atoms with Crippen molar-refractivity contribution in [1.29, 1.82) is 0 Å². The first-order valence-corrected chi connectivity index (χ1v) is 8.42. The number of hydrogen-bond acceptors (Lipinski definition) is 6. The van der Waals surface area contributed by atoms with Crippen LogP contribution in [0.5, 0.6) is 11.5 Å². The van der Waals surface area contributed by atoms with E-state index < -0.39 is 24.0 Å². The Balaban J connectivity index is 1.58. The molecule has 0 unspecified atom stereocenters. The lowest BCUT2D eigenvalue weighted by atomic mass is 10.2. The molecule has 2 aliphatic rings. The van der Waals surface area contributed by atoms with E-state index in [1.807, 2.05) is 0 Å². The molecule has 26 heavy (non-hydrogen) atoms. The summed E-state index contributed by atoms with van der Waals surface area (Å²) in [6.07, 6.45) is 2.57. The molecule has 8 nitrogen and oxygen atoms in total. The molecule has 0 saturated carbocycles. The molecule has 0 aliphatic carbocycles. The summed E-state index contributed by atoms with van der Waals surface area (Å²) >= 11 is 0. The van der Waals surface area contributed by atoms with Crippen LogP contribution in [0.4, 0.5) is 4.79 Å². The number of fused-ring (bicyclic) bond motifs is 1. The lowest BCUT2D eigenvalue weighted by Gasteiger charge is -2.17. The molecule has 138 valence electrons. The van der Waals surface area contributed by atoms with Gasteiger partial charge in [-0.15, -0.1) is 0 Å². The highest BCUT2D eigenvalue weighted by atomic mass is 16.5. The molecule has 1 N–H and O–H groups in total. The Bertz CT molecular complexity index is 745. The van der Waals surface area contributed by atoms with Gasteiger partial charge in [0, 0.05) is 25.6 Å². The van der Waals surface area contributed by atoms with E-state index in [1.165, 1.54) is 13.0 Å². The van der Waals surface area contributed by atoms with E-state index in [0.717, 1.165) is 16.9 Å². The number of hydrogen-bond donors (Lipinski definition) is 1. The summed E-state index contributed by atoms with van der Waals surface area (Å²) in [6, 6.07) is 4.87. The zero-order valence-electron chi connectivity index (χ0n) is 14.4. The van der Waals surface area contributed by atoms with E-state index in [9.17, 15) is 14.4 Å². The second-order valence-electron chi connectivity index (χ2n) is 5.89. The third-order valence-corrected chi connectivity index (χ3v) is 3.95. The van der Waals surface area contributed by atoms with Crippen molar-refractivity contribution in [2.24, 2.45) is 0 Å². The standard InChI is InChI=1S/C18H20N2O6/c1-12(17(22)20-8-7-19-18(20)23)26-16(21)6-4-13-3-5-14-15(11-13)25-10-2-9-24-14/h3-6,11-12H,2,7-10H2,1H3,(H,19,23)/b6-4+/t12-/m0/s1. The highest BCUT2D eigenvalue weighted by molar-refractivity contribution is 5.99. The fourth-order valence-corrected chi connectivity index (χ4v) is 2.61. The molecule has 1 saturated heterocycles. The Morgan fingerprint density at radius 2 is 2.04 bits per heavy atom. The van der Waals surface area contributed by atoms with Gasteiger partial charge in [-0.1, -0.05) is 6.07 Å². The Kier molecular flexibility index (Phi) is 5.40. The second-order valence-corrected chi connectivity index (χ2v) is 5.89. The molecule has 2 aliphatic heterocycles. The molecule has 2 heterocycles. The van der Waals surface area contributed by atoms with Crippen molar-refractivity contribution in [2.75, 3.05) is 26.3 Å². The highest BCUT2D eigenvalue weighted by Gasteiger charge is 2.31. The molecular formula is C18H20N2O6. The van der Waals surface area contributed by atoms with Gasteiger partial charge in [0.15, 0.2) is 17.6 Å². The highest BCUT2D eigenvalue weighted by Crippen LogP contribution is 2.30. The molecule has 1 aromatic carbocycles. The minimum absolute atomic E-state index is 0.270. The van der Waals surface area contributed by atoms with Crippen molar-refractivity contribution in [2.45, 2.75) is 19.4 Å². The number of urea groups is 1. The van der Waals surface area contributed by atoms with E-state index in [-0.39, 0.29) is 6.54 Å². The van der Waals surface area contributed by atoms with Crippen LogP contribution in [0, 0.1) is 0 Å². The molecule has 8 heteroatoms. The number of esters is 1. The van der Waals surface area contributed by atoms with Crippen LogP contribution in [0.1, 0.15) is 18.9 Å². The fraction of sp³-hybridized carbons (Fsp3) is 0.389. The van der Waals surface area contributed by atoms with Gasteiger partial charge in [-0.05, 0) is 30.7 Å². The number of benzene rings is 1. The topological polar surface area (TPSA) is 94.2 Å². The van der Waals surface area contributed by atoms with E-state index >= 15 is 0 Å². The Morgan fingerprint density at radius 1 is 1.27 bits per heavy atom. The van der Waals surface area contributed by atoms with Gasteiger partial charge in [0.25, 0.3) is 5.91 Å². The van der Waals surface area contributed by atoms with E-state index in [1.54, 1.807) is 24.3 Å². The van der Waals surface area contributed by atoms with Crippen LogP contribution in [0.3, 0.4) is 0 Å². The number of nitrogens with zero attached hydrogens (tertiary/aromatic N) is 1. The first-order valence-electron chi connectivity index (χ1n) is 8.42. The zero-order valence-corrected chi connectivity index (χ0v) is 14.4. The summed E-state index contributed by atoms with van der Waals surface area (Å²) in [5.74, 6) is 0.0850. The summed E-state index contributed by atoms with van der Waals surface area (Å²) in [5, 5.41) is 2.52. The summed E-state index contributed by atoms with van der Waals surface area (Å²) < 4.78 is 16.2.